The van der Waals surface area contributed by atoms with E-state index >= 15 is 0 Å². The van der Waals surface area contributed by atoms with E-state index in [0.29, 0.717) is 0 Å². The van der Waals surface area contributed by atoms with Gasteiger partial charge in [-0.15, -0.1) is 6.42 Å². The highest BCUT2D eigenvalue weighted by molar-refractivity contribution is 5.47. The minimum absolute atomic E-state index is 0.736. The molecule has 0 aliphatic rings. The van der Waals surface area contributed by atoms with Crippen molar-refractivity contribution in [3.63, 3.8) is 0 Å². The van der Waals surface area contributed by atoms with Crippen molar-refractivity contribution in [3.05, 3.63) is 23.8 Å². The van der Waals surface area contributed by atoms with Gasteiger partial charge in [-0.25, -0.2) is 0 Å². The van der Waals surface area contributed by atoms with Crippen LogP contribution in [0.2, 0.25) is 0 Å². The van der Waals surface area contributed by atoms with Crippen LogP contribution in [0.5, 0.6) is 11.5 Å². The normalized spacial score (nSPS) is 10.9. The lowest BCUT2D eigenvalue weighted by Crippen LogP contribution is -2.03. The number of unbranched alkanes of at least 4 members (excludes halogenated alkanes) is 20. The van der Waals surface area contributed by atoms with Gasteiger partial charge in [-0.1, -0.05) is 148 Å². The lowest BCUT2D eigenvalue weighted by Gasteiger charge is -2.13. The van der Waals surface area contributed by atoms with Crippen LogP contribution in [-0.2, 0) is 0 Å². The first kappa shape index (κ1) is 32.4. The molecule has 1 aromatic rings. The number of hydrogen-bond acceptors (Lipinski definition) is 2. The molecule has 0 saturated carbocycles. The molecule has 2 nitrogen and oxygen atoms in total. The van der Waals surface area contributed by atoms with Crippen LogP contribution in [0.4, 0.5) is 0 Å². The van der Waals surface area contributed by atoms with Crippen LogP contribution >= 0.6 is 0 Å². The Labute approximate surface area is 225 Å². The Bertz CT molecular complexity index is 645. The first-order valence-corrected chi connectivity index (χ1v) is 15.7. The molecule has 0 bridgehead atoms. The molecular weight excluding hydrogens is 440 g/mol. The van der Waals surface area contributed by atoms with E-state index in [0.717, 1.165) is 43.1 Å². The minimum atomic E-state index is 0.736. The van der Waals surface area contributed by atoms with Gasteiger partial charge in [-0.05, 0) is 31.0 Å². The zero-order valence-electron chi connectivity index (χ0n) is 24.1. The van der Waals surface area contributed by atoms with E-state index in [-0.39, 0.29) is 0 Å². The van der Waals surface area contributed by atoms with Crippen molar-refractivity contribution in [1.82, 2.24) is 0 Å². The molecule has 0 heterocycles. The number of hydrogen-bond donors (Lipinski definition) is 0. The summed E-state index contributed by atoms with van der Waals surface area (Å²) in [6.45, 7) is 6.05. The first-order valence-electron chi connectivity index (χ1n) is 15.7. The molecule has 1 rings (SSSR count). The van der Waals surface area contributed by atoms with Gasteiger partial charge in [0.25, 0.3) is 0 Å². The summed E-state index contributed by atoms with van der Waals surface area (Å²) in [5.74, 6) is 4.36. The molecule has 1 aromatic carbocycles. The molecule has 2 heteroatoms. The molecule has 0 fully saturated rings. The van der Waals surface area contributed by atoms with Crippen LogP contribution in [0.15, 0.2) is 18.2 Å². The Hall–Kier alpha value is -1.62. The van der Waals surface area contributed by atoms with Crippen LogP contribution in [0.1, 0.15) is 161 Å². The maximum absolute atomic E-state index is 6.10. The molecule has 0 atom stereocenters. The van der Waals surface area contributed by atoms with Gasteiger partial charge in [0, 0.05) is 5.56 Å². The molecule has 0 radical (unpaired) electrons. The fourth-order valence-corrected chi connectivity index (χ4v) is 4.73. The highest BCUT2D eigenvalue weighted by Crippen LogP contribution is 2.29. The van der Waals surface area contributed by atoms with Crippen molar-refractivity contribution in [1.29, 1.82) is 0 Å². The SMILES string of the molecule is C#Cc1ccc(OCCCCCCCCCCCCC)c(OCCCCCCCCCCCCC)c1. The number of rotatable bonds is 26. The second-order valence-corrected chi connectivity index (χ2v) is 10.6. The molecule has 0 aromatic heterocycles. The molecule has 206 valence electrons. The summed E-state index contributed by atoms with van der Waals surface area (Å²) >= 11 is 0. The summed E-state index contributed by atoms with van der Waals surface area (Å²) in [6, 6.07) is 5.88. The van der Waals surface area contributed by atoms with E-state index in [2.05, 4.69) is 19.8 Å². The summed E-state index contributed by atoms with van der Waals surface area (Å²) in [6.07, 6.45) is 35.2. The van der Waals surface area contributed by atoms with Crippen molar-refractivity contribution in [2.45, 2.75) is 155 Å². The van der Waals surface area contributed by atoms with E-state index in [1.807, 2.05) is 18.2 Å². The average Bonchev–Trinajstić information content (AvgIpc) is 2.90. The van der Waals surface area contributed by atoms with Crippen LogP contribution in [0.25, 0.3) is 0 Å². The van der Waals surface area contributed by atoms with Gasteiger partial charge in [-0.3, -0.25) is 0 Å². The van der Waals surface area contributed by atoms with Crippen LogP contribution in [-0.4, -0.2) is 13.2 Å². The Morgan fingerprint density at radius 1 is 0.500 bits per heavy atom. The summed E-state index contributed by atoms with van der Waals surface area (Å²) < 4.78 is 12.2. The maximum Gasteiger partial charge on any atom is 0.162 e. The average molecular weight is 499 g/mol. The third kappa shape index (κ3) is 18.6. The Morgan fingerprint density at radius 3 is 1.25 bits per heavy atom. The zero-order valence-corrected chi connectivity index (χ0v) is 24.1. The lowest BCUT2D eigenvalue weighted by atomic mass is 10.1. The first-order chi connectivity index (χ1) is 17.8. The molecule has 36 heavy (non-hydrogen) atoms. The van der Waals surface area contributed by atoms with Crippen molar-refractivity contribution >= 4 is 0 Å². The molecule has 0 amide bonds. The third-order valence-electron chi connectivity index (χ3n) is 7.12. The van der Waals surface area contributed by atoms with Crippen LogP contribution < -0.4 is 9.47 Å². The van der Waals surface area contributed by atoms with Crippen molar-refractivity contribution in [3.8, 4) is 23.8 Å². The van der Waals surface area contributed by atoms with Gasteiger partial charge in [0.15, 0.2) is 11.5 Å². The fourth-order valence-electron chi connectivity index (χ4n) is 4.73. The van der Waals surface area contributed by atoms with Crippen LogP contribution in [0.3, 0.4) is 0 Å². The zero-order chi connectivity index (χ0) is 25.9. The highest BCUT2D eigenvalue weighted by Gasteiger charge is 2.07. The summed E-state index contributed by atoms with van der Waals surface area (Å²) in [5.41, 5.74) is 0.853. The largest absolute Gasteiger partial charge is 0.490 e. The molecule has 0 saturated heterocycles. The Balaban J connectivity index is 2.11. The van der Waals surface area contributed by atoms with E-state index in [4.69, 9.17) is 15.9 Å². The number of benzene rings is 1. The lowest BCUT2D eigenvalue weighted by molar-refractivity contribution is 0.258. The molecule has 0 unspecified atom stereocenters. The van der Waals surface area contributed by atoms with Crippen LogP contribution in [0, 0.1) is 12.3 Å². The third-order valence-corrected chi connectivity index (χ3v) is 7.12. The fraction of sp³-hybridized carbons (Fsp3) is 0.765. The predicted molar refractivity (Wildman–Crippen MR) is 158 cm³/mol. The quantitative estimate of drug-likeness (QED) is 0.0933. The van der Waals surface area contributed by atoms with Crippen molar-refractivity contribution in [2.75, 3.05) is 13.2 Å². The smallest absolute Gasteiger partial charge is 0.162 e. The highest BCUT2D eigenvalue weighted by atomic mass is 16.5. The van der Waals surface area contributed by atoms with E-state index in [1.165, 1.54) is 128 Å². The van der Waals surface area contributed by atoms with Gasteiger partial charge >= 0.3 is 0 Å². The van der Waals surface area contributed by atoms with Gasteiger partial charge in [-0.2, -0.15) is 0 Å². The monoisotopic (exact) mass is 498 g/mol. The second-order valence-electron chi connectivity index (χ2n) is 10.6. The summed E-state index contributed by atoms with van der Waals surface area (Å²) in [5, 5.41) is 0. The van der Waals surface area contributed by atoms with Gasteiger partial charge < -0.3 is 9.47 Å². The molecule has 0 spiro atoms. The second kappa shape index (κ2) is 25.0. The number of terminal acetylenes is 1. The predicted octanol–water partition coefficient (Wildman–Crippen LogP) is 11.0. The van der Waals surface area contributed by atoms with E-state index in [1.54, 1.807) is 0 Å². The van der Waals surface area contributed by atoms with E-state index < -0.39 is 0 Å². The molecule has 0 aliphatic heterocycles. The Kier molecular flexibility index (Phi) is 22.5. The summed E-state index contributed by atoms with van der Waals surface area (Å²) in [7, 11) is 0. The molecule has 0 aliphatic carbocycles. The maximum atomic E-state index is 6.10. The molecule has 0 N–H and O–H groups in total. The van der Waals surface area contributed by atoms with Crippen molar-refractivity contribution < 1.29 is 9.47 Å². The van der Waals surface area contributed by atoms with Gasteiger partial charge in [0.1, 0.15) is 0 Å². The minimum Gasteiger partial charge on any atom is -0.490 e. The van der Waals surface area contributed by atoms with Crippen molar-refractivity contribution in [2.24, 2.45) is 0 Å². The van der Waals surface area contributed by atoms with Gasteiger partial charge in [0.2, 0.25) is 0 Å². The van der Waals surface area contributed by atoms with Gasteiger partial charge in [0.05, 0.1) is 13.2 Å². The summed E-state index contributed by atoms with van der Waals surface area (Å²) in [4.78, 5) is 0. The molecular formula is C34H58O2. The standard InChI is InChI=1S/C34H58O2/c1-4-7-9-11-13-15-17-19-21-23-25-29-35-33-28-27-32(6-3)31-34(33)36-30-26-24-22-20-18-16-14-12-10-8-5-2/h3,27-28,31H,4-5,7-26,29-30H2,1-2H3. The Morgan fingerprint density at radius 2 is 0.861 bits per heavy atom. The van der Waals surface area contributed by atoms with E-state index in [9.17, 15) is 0 Å². The number of ether oxygens (including phenoxy) is 2. The topological polar surface area (TPSA) is 18.5 Å².